The summed E-state index contributed by atoms with van der Waals surface area (Å²) < 4.78 is 5.26. The van der Waals surface area contributed by atoms with Gasteiger partial charge < -0.3 is 10.1 Å². The first-order valence-electron chi connectivity index (χ1n) is 6.42. The Morgan fingerprint density at radius 3 is 2.68 bits per heavy atom. The van der Waals surface area contributed by atoms with Crippen molar-refractivity contribution in [1.82, 2.24) is 10.3 Å². The molecule has 0 saturated heterocycles. The van der Waals surface area contributed by atoms with E-state index >= 15 is 0 Å². The van der Waals surface area contributed by atoms with Crippen molar-refractivity contribution in [2.45, 2.75) is 32.9 Å². The molecule has 0 bridgehead atoms. The fourth-order valence-corrected chi connectivity index (χ4v) is 2.84. The topological polar surface area (TPSA) is 34.1 Å². The van der Waals surface area contributed by atoms with Crippen molar-refractivity contribution < 1.29 is 4.74 Å². The lowest BCUT2D eigenvalue weighted by molar-refractivity contribution is 0.412. The van der Waals surface area contributed by atoms with Crippen LogP contribution in [-0.2, 0) is 0 Å². The van der Waals surface area contributed by atoms with E-state index in [1.807, 2.05) is 19.1 Å². The predicted octanol–water partition coefficient (Wildman–Crippen LogP) is 3.87. The molecule has 2 atom stereocenters. The molecule has 1 aromatic carbocycles. The molecule has 19 heavy (non-hydrogen) atoms. The van der Waals surface area contributed by atoms with Gasteiger partial charge in [-0.2, -0.15) is 0 Å². The van der Waals surface area contributed by atoms with Gasteiger partial charge in [0, 0.05) is 17.1 Å². The van der Waals surface area contributed by atoms with E-state index in [1.165, 1.54) is 5.56 Å². The lowest BCUT2D eigenvalue weighted by atomic mass is 10.1. The molecule has 0 spiro atoms. The highest BCUT2D eigenvalue weighted by atomic mass is 32.1. The number of methoxy groups -OCH3 is 1. The first kappa shape index (κ1) is 14.0. The van der Waals surface area contributed by atoms with Gasteiger partial charge in [0.1, 0.15) is 10.8 Å². The minimum Gasteiger partial charge on any atom is -0.497 e. The smallest absolute Gasteiger partial charge is 0.119 e. The van der Waals surface area contributed by atoms with Crippen LogP contribution in [0.4, 0.5) is 0 Å². The largest absolute Gasteiger partial charge is 0.497 e. The van der Waals surface area contributed by atoms with Gasteiger partial charge in [0.25, 0.3) is 0 Å². The highest BCUT2D eigenvalue weighted by molar-refractivity contribution is 7.09. The molecule has 2 aromatic rings. The molecule has 0 aliphatic heterocycles. The third-order valence-electron chi connectivity index (χ3n) is 3.10. The van der Waals surface area contributed by atoms with Gasteiger partial charge in [0.05, 0.1) is 13.2 Å². The summed E-state index contributed by atoms with van der Waals surface area (Å²) >= 11 is 1.70. The minimum absolute atomic E-state index is 0.250. The Kier molecular flexibility index (Phi) is 4.56. The number of rotatable bonds is 5. The highest BCUT2D eigenvalue weighted by Crippen LogP contribution is 2.23. The number of nitrogens with one attached hydrogen (secondary N) is 1. The van der Waals surface area contributed by atoms with Crippen LogP contribution in [0.3, 0.4) is 0 Å². The number of aryl methyl sites for hydroxylation is 1. The summed E-state index contributed by atoms with van der Waals surface area (Å²) in [5, 5.41) is 6.79. The number of thiazole rings is 1. The average molecular weight is 276 g/mol. The molecule has 1 aromatic heterocycles. The van der Waals surface area contributed by atoms with Crippen LogP contribution in [0.25, 0.3) is 0 Å². The van der Waals surface area contributed by atoms with Crippen LogP contribution < -0.4 is 10.1 Å². The van der Waals surface area contributed by atoms with Crippen LogP contribution in [0.5, 0.6) is 5.75 Å². The summed E-state index contributed by atoms with van der Waals surface area (Å²) in [4.78, 5) is 4.52. The Hall–Kier alpha value is -1.39. The second-order valence-corrected chi connectivity index (χ2v) is 5.60. The van der Waals surface area contributed by atoms with Gasteiger partial charge in [0.2, 0.25) is 0 Å². The van der Waals surface area contributed by atoms with E-state index in [9.17, 15) is 0 Å². The zero-order valence-corrected chi connectivity index (χ0v) is 12.6. The summed E-state index contributed by atoms with van der Waals surface area (Å²) in [7, 11) is 1.69. The molecule has 0 aliphatic carbocycles. The first-order chi connectivity index (χ1) is 9.10. The van der Waals surface area contributed by atoms with Crippen LogP contribution in [0.1, 0.15) is 42.2 Å². The van der Waals surface area contributed by atoms with Gasteiger partial charge in [-0.05, 0) is 38.5 Å². The number of nitrogens with zero attached hydrogens (tertiary/aromatic N) is 1. The van der Waals surface area contributed by atoms with Gasteiger partial charge in [-0.3, -0.25) is 0 Å². The molecule has 2 rings (SSSR count). The van der Waals surface area contributed by atoms with Crippen molar-refractivity contribution in [3.8, 4) is 5.75 Å². The number of hydrogen-bond donors (Lipinski definition) is 1. The maximum atomic E-state index is 5.26. The van der Waals surface area contributed by atoms with E-state index < -0.39 is 0 Å². The fourth-order valence-electron chi connectivity index (χ4n) is 2.02. The van der Waals surface area contributed by atoms with Crippen molar-refractivity contribution in [3.63, 3.8) is 0 Å². The van der Waals surface area contributed by atoms with Crippen molar-refractivity contribution in [1.29, 1.82) is 0 Å². The zero-order chi connectivity index (χ0) is 13.8. The van der Waals surface area contributed by atoms with E-state index in [0.717, 1.165) is 16.5 Å². The van der Waals surface area contributed by atoms with Crippen molar-refractivity contribution in [3.05, 3.63) is 45.9 Å². The number of ether oxygens (including phenoxy) is 1. The second kappa shape index (κ2) is 6.17. The SMILES string of the molecule is COc1cccc(C(C)NC(C)c2nc(C)cs2)c1. The Bertz CT molecular complexity index is 538. The summed E-state index contributed by atoms with van der Waals surface area (Å²) in [6.45, 7) is 6.33. The quantitative estimate of drug-likeness (QED) is 0.900. The monoisotopic (exact) mass is 276 g/mol. The summed E-state index contributed by atoms with van der Waals surface area (Å²) in [5.74, 6) is 0.892. The molecule has 102 valence electrons. The van der Waals surface area contributed by atoms with E-state index in [4.69, 9.17) is 4.74 Å². The van der Waals surface area contributed by atoms with Gasteiger partial charge in [-0.25, -0.2) is 4.98 Å². The highest BCUT2D eigenvalue weighted by Gasteiger charge is 2.14. The Morgan fingerprint density at radius 1 is 1.26 bits per heavy atom. The molecule has 1 heterocycles. The third-order valence-corrected chi connectivity index (χ3v) is 4.25. The van der Waals surface area contributed by atoms with Gasteiger partial charge in [-0.15, -0.1) is 11.3 Å². The van der Waals surface area contributed by atoms with E-state index in [1.54, 1.807) is 18.4 Å². The Balaban J connectivity index is 2.05. The molecule has 2 unspecified atom stereocenters. The summed E-state index contributed by atoms with van der Waals surface area (Å²) in [5.41, 5.74) is 2.31. The molecular formula is C15H20N2OS. The zero-order valence-electron chi connectivity index (χ0n) is 11.8. The number of benzene rings is 1. The van der Waals surface area contributed by atoms with Crippen LogP contribution in [0, 0.1) is 6.92 Å². The van der Waals surface area contributed by atoms with Crippen LogP contribution >= 0.6 is 11.3 Å². The predicted molar refractivity (Wildman–Crippen MR) is 79.8 cm³/mol. The van der Waals surface area contributed by atoms with Crippen LogP contribution in [0.15, 0.2) is 29.6 Å². The second-order valence-electron chi connectivity index (χ2n) is 4.71. The van der Waals surface area contributed by atoms with E-state index in [0.29, 0.717) is 0 Å². The normalized spacial score (nSPS) is 14.1. The third kappa shape index (κ3) is 3.55. The Morgan fingerprint density at radius 2 is 2.05 bits per heavy atom. The van der Waals surface area contributed by atoms with Crippen molar-refractivity contribution in [2.75, 3.05) is 7.11 Å². The summed E-state index contributed by atoms with van der Waals surface area (Å²) in [6.07, 6.45) is 0. The van der Waals surface area contributed by atoms with Gasteiger partial charge in [-0.1, -0.05) is 12.1 Å². The van der Waals surface area contributed by atoms with Crippen molar-refractivity contribution in [2.24, 2.45) is 0 Å². The molecule has 0 radical (unpaired) electrons. The molecule has 4 heteroatoms. The van der Waals surface area contributed by atoms with Crippen LogP contribution in [0.2, 0.25) is 0 Å². The number of aromatic nitrogens is 1. The van der Waals surface area contributed by atoms with Gasteiger partial charge >= 0.3 is 0 Å². The number of hydrogen-bond acceptors (Lipinski definition) is 4. The molecular weight excluding hydrogens is 256 g/mol. The fraction of sp³-hybridized carbons (Fsp3) is 0.400. The maximum absolute atomic E-state index is 5.26. The lowest BCUT2D eigenvalue weighted by Gasteiger charge is -2.19. The lowest BCUT2D eigenvalue weighted by Crippen LogP contribution is -2.22. The maximum Gasteiger partial charge on any atom is 0.119 e. The van der Waals surface area contributed by atoms with Crippen molar-refractivity contribution >= 4 is 11.3 Å². The van der Waals surface area contributed by atoms with E-state index in [2.05, 4.69) is 41.7 Å². The minimum atomic E-state index is 0.250. The van der Waals surface area contributed by atoms with Gasteiger partial charge in [0.15, 0.2) is 0 Å². The first-order valence-corrected chi connectivity index (χ1v) is 7.30. The molecule has 3 nitrogen and oxygen atoms in total. The summed E-state index contributed by atoms with van der Waals surface area (Å²) in [6, 6.07) is 8.67. The van der Waals surface area contributed by atoms with Crippen LogP contribution in [-0.4, -0.2) is 12.1 Å². The molecule has 0 fully saturated rings. The molecule has 0 aliphatic rings. The molecule has 1 N–H and O–H groups in total. The standard InChI is InChI=1S/C15H20N2OS/c1-10-9-19-15(16-10)12(3)17-11(2)13-6-5-7-14(8-13)18-4/h5-9,11-12,17H,1-4H3. The van der Waals surface area contributed by atoms with E-state index in [-0.39, 0.29) is 12.1 Å². The Labute approximate surface area is 118 Å². The molecule has 0 saturated carbocycles. The average Bonchev–Trinajstić information content (AvgIpc) is 2.85. The molecule has 0 amide bonds.